The highest BCUT2D eigenvalue weighted by molar-refractivity contribution is 5.94. The first-order valence-corrected chi connectivity index (χ1v) is 4.71. The number of nitrogens with zero attached hydrogens (tertiary/aromatic N) is 2. The van der Waals surface area contributed by atoms with E-state index in [0.29, 0.717) is 12.0 Å². The Balaban J connectivity index is 2.55. The third kappa shape index (κ3) is 1.39. The van der Waals surface area contributed by atoms with Crippen molar-refractivity contribution in [1.82, 2.24) is 0 Å². The topological polar surface area (TPSA) is 64.7 Å². The standard InChI is InChI=1S/C12H8N2O/c13-6-8(7-14)11-5-12(15)10-4-2-1-3-9(10)11/h1-3,10H,4-5H2. The first-order valence-electron chi connectivity index (χ1n) is 4.71. The molecule has 0 spiro atoms. The number of carbonyl (C=O) groups excluding carboxylic acids is 1. The number of allylic oxidation sites excluding steroid dienone is 6. The molecule has 3 heteroatoms. The molecular weight excluding hydrogens is 188 g/mol. The monoisotopic (exact) mass is 196 g/mol. The van der Waals surface area contributed by atoms with Crippen molar-refractivity contribution in [3.8, 4) is 12.1 Å². The fourth-order valence-corrected chi connectivity index (χ4v) is 2.04. The van der Waals surface area contributed by atoms with Gasteiger partial charge < -0.3 is 0 Å². The summed E-state index contributed by atoms with van der Waals surface area (Å²) in [7, 11) is 0. The summed E-state index contributed by atoms with van der Waals surface area (Å²) in [6.07, 6.45) is 6.57. The van der Waals surface area contributed by atoms with E-state index < -0.39 is 0 Å². The van der Waals surface area contributed by atoms with Crippen LogP contribution in [-0.4, -0.2) is 5.78 Å². The summed E-state index contributed by atoms with van der Waals surface area (Å²) >= 11 is 0. The van der Waals surface area contributed by atoms with E-state index in [1.54, 1.807) is 0 Å². The van der Waals surface area contributed by atoms with Crippen molar-refractivity contribution >= 4 is 5.78 Å². The summed E-state index contributed by atoms with van der Waals surface area (Å²) in [5.41, 5.74) is 1.56. The average Bonchev–Trinajstić information content (AvgIpc) is 2.60. The van der Waals surface area contributed by atoms with Gasteiger partial charge in [-0.2, -0.15) is 10.5 Å². The predicted octanol–water partition coefficient (Wildman–Crippen LogP) is 1.81. The molecule has 0 aliphatic heterocycles. The zero-order valence-electron chi connectivity index (χ0n) is 8.03. The summed E-state index contributed by atoms with van der Waals surface area (Å²) in [5, 5.41) is 17.6. The van der Waals surface area contributed by atoms with Crippen LogP contribution in [0.1, 0.15) is 12.8 Å². The van der Waals surface area contributed by atoms with Crippen molar-refractivity contribution in [3.05, 3.63) is 34.9 Å². The quantitative estimate of drug-likeness (QED) is 0.555. The average molecular weight is 196 g/mol. The van der Waals surface area contributed by atoms with Gasteiger partial charge in [-0.25, -0.2) is 0 Å². The third-order valence-corrected chi connectivity index (χ3v) is 2.77. The van der Waals surface area contributed by atoms with Gasteiger partial charge >= 0.3 is 0 Å². The molecule has 2 aliphatic carbocycles. The first kappa shape index (κ1) is 9.43. The molecule has 0 aromatic carbocycles. The fraction of sp³-hybridized carbons (Fsp3) is 0.250. The molecule has 1 saturated carbocycles. The molecule has 0 heterocycles. The number of hydrogen-bond donors (Lipinski definition) is 0. The fourth-order valence-electron chi connectivity index (χ4n) is 2.04. The van der Waals surface area contributed by atoms with E-state index in [2.05, 4.69) is 0 Å². The normalized spacial score (nSPS) is 22.8. The van der Waals surface area contributed by atoms with E-state index in [9.17, 15) is 4.79 Å². The molecule has 1 fully saturated rings. The molecule has 2 aliphatic rings. The minimum absolute atomic E-state index is 0.0763. The molecule has 0 aromatic heterocycles. The van der Waals surface area contributed by atoms with Crippen molar-refractivity contribution in [2.75, 3.05) is 0 Å². The van der Waals surface area contributed by atoms with Crippen LogP contribution in [0.3, 0.4) is 0 Å². The lowest BCUT2D eigenvalue weighted by Crippen LogP contribution is -2.08. The second kappa shape index (κ2) is 3.55. The van der Waals surface area contributed by atoms with Crippen molar-refractivity contribution in [1.29, 1.82) is 10.5 Å². The number of rotatable bonds is 0. The van der Waals surface area contributed by atoms with Crippen molar-refractivity contribution in [3.63, 3.8) is 0 Å². The van der Waals surface area contributed by atoms with Gasteiger partial charge in [0, 0.05) is 12.3 Å². The lowest BCUT2D eigenvalue weighted by Gasteiger charge is -2.11. The molecule has 0 aromatic rings. The van der Waals surface area contributed by atoms with Gasteiger partial charge in [-0.05, 0) is 17.6 Å². The van der Waals surface area contributed by atoms with Gasteiger partial charge in [0.1, 0.15) is 23.5 Å². The van der Waals surface area contributed by atoms with E-state index in [4.69, 9.17) is 10.5 Å². The van der Waals surface area contributed by atoms with Gasteiger partial charge in [0.15, 0.2) is 0 Å². The zero-order chi connectivity index (χ0) is 10.8. The highest BCUT2D eigenvalue weighted by atomic mass is 16.1. The summed E-state index contributed by atoms with van der Waals surface area (Å²) in [5.74, 6) is -0.00898. The molecule has 3 nitrogen and oxygen atoms in total. The van der Waals surface area contributed by atoms with Crippen LogP contribution in [-0.2, 0) is 4.79 Å². The van der Waals surface area contributed by atoms with Crippen LogP contribution in [0, 0.1) is 28.6 Å². The lowest BCUT2D eigenvalue weighted by molar-refractivity contribution is -0.119. The molecule has 0 radical (unpaired) electrons. The van der Waals surface area contributed by atoms with Crippen molar-refractivity contribution in [2.45, 2.75) is 12.8 Å². The van der Waals surface area contributed by atoms with Crippen molar-refractivity contribution < 1.29 is 4.79 Å². The molecule has 0 saturated heterocycles. The minimum Gasteiger partial charge on any atom is -0.299 e. The van der Waals surface area contributed by atoms with Gasteiger partial charge in [-0.3, -0.25) is 4.79 Å². The van der Waals surface area contributed by atoms with Crippen LogP contribution in [0.15, 0.2) is 34.9 Å². The number of carbonyl (C=O) groups is 1. The predicted molar refractivity (Wildman–Crippen MR) is 53.2 cm³/mol. The lowest BCUT2D eigenvalue weighted by atomic mass is 9.91. The maximum Gasteiger partial charge on any atom is 0.145 e. The maximum atomic E-state index is 11.6. The Morgan fingerprint density at radius 3 is 2.80 bits per heavy atom. The first-order chi connectivity index (χ1) is 7.27. The molecule has 2 rings (SSSR count). The Kier molecular flexibility index (Phi) is 2.23. The van der Waals surface area contributed by atoms with Crippen LogP contribution < -0.4 is 0 Å². The van der Waals surface area contributed by atoms with Gasteiger partial charge in [0.25, 0.3) is 0 Å². The molecule has 72 valence electrons. The second-order valence-corrected chi connectivity index (χ2v) is 3.56. The van der Waals surface area contributed by atoms with E-state index in [1.165, 1.54) is 0 Å². The van der Waals surface area contributed by atoms with Crippen LogP contribution in [0.4, 0.5) is 0 Å². The Hall–Kier alpha value is -2.13. The van der Waals surface area contributed by atoms with E-state index in [1.807, 2.05) is 30.4 Å². The Labute approximate surface area is 87.6 Å². The van der Waals surface area contributed by atoms with Crippen LogP contribution in [0.5, 0.6) is 0 Å². The van der Waals surface area contributed by atoms with Crippen LogP contribution >= 0.6 is 0 Å². The van der Waals surface area contributed by atoms with E-state index >= 15 is 0 Å². The molecule has 0 amide bonds. The molecule has 1 atom stereocenters. The molecule has 0 bridgehead atoms. The van der Waals surface area contributed by atoms with Gasteiger partial charge in [-0.15, -0.1) is 0 Å². The SMILES string of the molecule is N#CC(C#N)=C1CC(=O)C2CC=CC=C12. The van der Waals surface area contributed by atoms with Crippen LogP contribution in [0.25, 0.3) is 0 Å². The second-order valence-electron chi connectivity index (χ2n) is 3.56. The summed E-state index contributed by atoms with van der Waals surface area (Å²) in [6.45, 7) is 0. The number of nitriles is 2. The maximum absolute atomic E-state index is 11.6. The Bertz CT molecular complexity index is 479. The molecule has 15 heavy (non-hydrogen) atoms. The summed E-state index contributed by atoms with van der Waals surface area (Å²) < 4.78 is 0. The van der Waals surface area contributed by atoms with Gasteiger partial charge in [0.05, 0.1) is 0 Å². The van der Waals surface area contributed by atoms with Gasteiger partial charge in [0.2, 0.25) is 0 Å². The van der Waals surface area contributed by atoms with Crippen LogP contribution in [0.2, 0.25) is 0 Å². The van der Waals surface area contributed by atoms with E-state index in [-0.39, 0.29) is 23.7 Å². The third-order valence-electron chi connectivity index (χ3n) is 2.77. The number of hydrogen-bond acceptors (Lipinski definition) is 3. The van der Waals surface area contributed by atoms with E-state index in [0.717, 1.165) is 5.57 Å². The number of Topliss-reactive ketones (excluding diaryl/α,β-unsaturated/α-hetero) is 1. The Morgan fingerprint density at radius 2 is 2.13 bits per heavy atom. The number of ketones is 1. The molecule has 1 unspecified atom stereocenters. The zero-order valence-corrected chi connectivity index (χ0v) is 8.03. The Morgan fingerprint density at radius 1 is 1.40 bits per heavy atom. The minimum atomic E-state index is -0.123. The highest BCUT2D eigenvalue weighted by Crippen LogP contribution is 2.39. The smallest absolute Gasteiger partial charge is 0.145 e. The van der Waals surface area contributed by atoms with Gasteiger partial charge in [-0.1, -0.05) is 18.2 Å². The highest BCUT2D eigenvalue weighted by Gasteiger charge is 2.35. The largest absolute Gasteiger partial charge is 0.299 e. The molecule has 0 N–H and O–H groups in total. The number of fused-ring (bicyclic) bond motifs is 1. The summed E-state index contributed by atoms with van der Waals surface area (Å²) in [6, 6.07) is 3.70. The summed E-state index contributed by atoms with van der Waals surface area (Å²) in [4.78, 5) is 11.6. The molecular formula is C12H8N2O. The van der Waals surface area contributed by atoms with Crippen molar-refractivity contribution in [2.24, 2.45) is 5.92 Å².